The van der Waals surface area contributed by atoms with Gasteiger partial charge in [0.05, 0.1) is 35.9 Å². The monoisotopic (exact) mass is 432 g/mol. The zero-order chi connectivity index (χ0) is 20.5. The molecular formula is C19H22ClFO6S. The van der Waals surface area contributed by atoms with Crippen LogP contribution in [0.5, 0.6) is 0 Å². The maximum absolute atomic E-state index is 13.3. The maximum Gasteiger partial charge on any atom is 0.335 e. The van der Waals surface area contributed by atoms with Gasteiger partial charge in [-0.25, -0.2) is 17.6 Å². The first-order valence-corrected chi connectivity index (χ1v) is 11.1. The first-order chi connectivity index (χ1) is 13.1. The van der Waals surface area contributed by atoms with Gasteiger partial charge in [0.25, 0.3) is 0 Å². The molecule has 0 amide bonds. The molecule has 154 valence electrons. The van der Waals surface area contributed by atoms with Crippen LogP contribution >= 0.6 is 11.6 Å². The summed E-state index contributed by atoms with van der Waals surface area (Å²) < 4.78 is 56.0. The van der Waals surface area contributed by atoms with Gasteiger partial charge in [0.15, 0.2) is 15.6 Å². The van der Waals surface area contributed by atoms with E-state index in [0.717, 1.165) is 12.1 Å². The Kier molecular flexibility index (Phi) is 6.14. The van der Waals surface area contributed by atoms with E-state index in [1.807, 2.05) is 0 Å². The van der Waals surface area contributed by atoms with Crippen molar-refractivity contribution in [2.45, 2.75) is 49.6 Å². The lowest BCUT2D eigenvalue weighted by atomic mass is 9.94. The Hall–Kier alpha value is -1.48. The quantitative estimate of drug-likeness (QED) is 0.665. The van der Waals surface area contributed by atoms with Crippen molar-refractivity contribution < 1.29 is 31.8 Å². The van der Waals surface area contributed by atoms with Gasteiger partial charge in [-0.3, -0.25) is 0 Å². The number of hydrogen-bond acceptors (Lipinski definition) is 6. The van der Waals surface area contributed by atoms with Gasteiger partial charge in [-0.1, -0.05) is 17.7 Å². The van der Waals surface area contributed by atoms with Gasteiger partial charge < -0.3 is 14.2 Å². The predicted molar refractivity (Wildman–Crippen MR) is 101 cm³/mol. The fourth-order valence-corrected chi connectivity index (χ4v) is 5.62. The molecule has 1 aromatic rings. The first kappa shape index (κ1) is 21.2. The van der Waals surface area contributed by atoms with E-state index in [1.165, 1.54) is 12.1 Å². The number of halogens is 2. The Morgan fingerprint density at radius 3 is 2.64 bits per heavy atom. The molecule has 1 aliphatic carbocycles. The van der Waals surface area contributed by atoms with Crippen molar-refractivity contribution in [3.8, 4) is 0 Å². The van der Waals surface area contributed by atoms with E-state index in [-0.39, 0.29) is 22.6 Å². The predicted octanol–water partition coefficient (Wildman–Crippen LogP) is 3.18. The minimum absolute atomic E-state index is 0.0000779. The number of sulfone groups is 1. The highest BCUT2D eigenvalue weighted by Gasteiger charge is 2.46. The van der Waals surface area contributed by atoms with E-state index >= 15 is 0 Å². The van der Waals surface area contributed by atoms with E-state index < -0.39 is 44.5 Å². The third-order valence-electron chi connectivity index (χ3n) is 4.64. The van der Waals surface area contributed by atoms with Gasteiger partial charge >= 0.3 is 5.97 Å². The van der Waals surface area contributed by atoms with Crippen molar-refractivity contribution >= 4 is 27.4 Å². The highest BCUT2D eigenvalue weighted by Crippen LogP contribution is 2.38. The van der Waals surface area contributed by atoms with Crippen LogP contribution in [-0.2, 0) is 34.6 Å². The summed E-state index contributed by atoms with van der Waals surface area (Å²) in [4.78, 5) is 12.6. The lowest BCUT2D eigenvalue weighted by Gasteiger charge is -2.33. The average Bonchev–Trinajstić information content (AvgIpc) is 3.04. The van der Waals surface area contributed by atoms with Crippen LogP contribution < -0.4 is 0 Å². The molecule has 3 rings (SSSR count). The van der Waals surface area contributed by atoms with Crippen molar-refractivity contribution in [2.24, 2.45) is 0 Å². The highest BCUT2D eigenvalue weighted by molar-refractivity contribution is 7.91. The Morgan fingerprint density at radius 2 is 2.04 bits per heavy atom. The van der Waals surface area contributed by atoms with Gasteiger partial charge in [0.2, 0.25) is 0 Å². The first-order valence-electron chi connectivity index (χ1n) is 8.99. The number of rotatable bonds is 5. The Morgan fingerprint density at radius 1 is 1.36 bits per heavy atom. The molecule has 1 fully saturated rings. The molecule has 0 radical (unpaired) electrons. The summed E-state index contributed by atoms with van der Waals surface area (Å²) in [6.07, 6.45) is 1.46. The van der Waals surface area contributed by atoms with Crippen LogP contribution in [0.15, 0.2) is 29.8 Å². The fraction of sp³-hybridized carbons (Fsp3) is 0.526. The van der Waals surface area contributed by atoms with Crippen LogP contribution in [-0.4, -0.2) is 44.7 Å². The van der Waals surface area contributed by atoms with Crippen LogP contribution in [0.2, 0.25) is 5.02 Å². The molecular weight excluding hydrogens is 411 g/mol. The van der Waals surface area contributed by atoms with Crippen molar-refractivity contribution in [1.82, 2.24) is 0 Å². The third-order valence-corrected chi connectivity index (χ3v) is 7.06. The van der Waals surface area contributed by atoms with E-state index in [2.05, 4.69) is 0 Å². The third kappa shape index (κ3) is 4.56. The minimum atomic E-state index is -3.84. The normalized spacial score (nSPS) is 21.8. The number of carbonyl (C=O) groups is 1. The zero-order valence-corrected chi connectivity index (χ0v) is 17.2. The van der Waals surface area contributed by atoms with E-state index in [4.69, 9.17) is 25.8 Å². The smallest absolute Gasteiger partial charge is 0.335 e. The zero-order valence-electron chi connectivity index (χ0n) is 15.6. The average molecular weight is 433 g/mol. The van der Waals surface area contributed by atoms with Crippen LogP contribution in [0.1, 0.15) is 32.3 Å². The van der Waals surface area contributed by atoms with E-state index in [9.17, 15) is 17.6 Å². The topological polar surface area (TPSA) is 78.9 Å². The summed E-state index contributed by atoms with van der Waals surface area (Å²) in [6, 6.07) is 3.54. The van der Waals surface area contributed by atoms with Gasteiger partial charge in [-0.05, 0) is 44.0 Å². The molecule has 1 spiro atoms. The summed E-state index contributed by atoms with van der Waals surface area (Å²) in [5.74, 6) is -2.78. The number of benzene rings is 1. The Labute approximate surface area is 168 Å². The van der Waals surface area contributed by atoms with Crippen LogP contribution in [0.3, 0.4) is 0 Å². The molecule has 1 atom stereocenters. The number of hydrogen-bond donors (Lipinski definition) is 0. The molecule has 2 aliphatic rings. The van der Waals surface area contributed by atoms with Crippen molar-refractivity contribution in [1.29, 1.82) is 0 Å². The van der Waals surface area contributed by atoms with Crippen LogP contribution in [0, 0.1) is 5.82 Å². The summed E-state index contributed by atoms with van der Waals surface area (Å²) in [7, 11) is -3.84. The Bertz CT molecular complexity index is 890. The molecule has 0 saturated carbocycles. The second-order valence-electron chi connectivity index (χ2n) is 7.13. The molecule has 9 heteroatoms. The lowest BCUT2D eigenvalue weighted by molar-refractivity contribution is -0.146. The summed E-state index contributed by atoms with van der Waals surface area (Å²) >= 11 is 5.99. The number of ether oxygens (including phenoxy) is 3. The molecule has 6 nitrogen and oxygen atoms in total. The molecule has 1 unspecified atom stereocenters. The second-order valence-corrected chi connectivity index (χ2v) is 9.72. The SMILES string of the molecule is CC(C)OC(=O)C1=CC2(CCC1S(=O)(=O)Cc1ccc(F)cc1Cl)OCCO2. The van der Waals surface area contributed by atoms with Crippen molar-refractivity contribution in [2.75, 3.05) is 13.2 Å². The molecule has 28 heavy (non-hydrogen) atoms. The number of esters is 1. The van der Waals surface area contributed by atoms with Crippen molar-refractivity contribution in [3.63, 3.8) is 0 Å². The summed E-state index contributed by atoms with van der Waals surface area (Å²) in [5, 5.41) is -1.06. The molecule has 0 N–H and O–H groups in total. The molecule has 0 aromatic heterocycles. The standard InChI is InChI=1S/C19H22ClFO6S/c1-12(2)27-18(22)15-10-19(25-7-8-26-19)6-5-17(15)28(23,24)11-13-3-4-14(21)9-16(13)20/h3-4,9-10,12,17H,5-8,11H2,1-2H3. The van der Waals surface area contributed by atoms with Gasteiger partial charge in [-0.15, -0.1) is 0 Å². The van der Waals surface area contributed by atoms with Crippen molar-refractivity contribution in [3.05, 3.63) is 46.3 Å². The molecule has 1 saturated heterocycles. The van der Waals surface area contributed by atoms with Gasteiger partial charge in [0, 0.05) is 11.4 Å². The lowest BCUT2D eigenvalue weighted by Crippen LogP contribution is -2.41. The van der Waals surface area contributed by atoms with Crippen LogP contribution in [0.4, 0.5) is 4.39 Å². The maximum atomic E-state index is 13.3. The second kappa shape index (κ2) is 8.10. The van der Waals surface area contributed by atoms with Gasteiger partial charge in [-0.2, -0.15) is 0 Å². The number of carbonyl (C=O) groups excluding carboxylic acids is 1. The molecule has 1 heterocycles. The molecule has 1 aromatic carbocycles. The van der Waals surface area contributed by atoms with E-state index in [1.54, 1.807) is 13.8 Å². The van der Waals surface area contributed by atoms with E-state index in [0.29, 0.717) is 19.6 Å². The minimum Gasteiger partial charge on any atom is -0.460 e. The molecule has 0 bridgehead atoms. The Balaban J connectivity index is 1.94. The summed E-state index contributed by atoms with van der Waals surface area (Å²) in [6.45, 7) is 4.10. The molecule has 1 aliphatic heterocycles. The van der Waals surface area contributed by atoms with Crippen LogP contribution in [0.25, 0.3) is 0 Å². The van der Waals surface area contributed by atoms with Gasteiger partial charge in [0.1, 0.15) is 5.82 Å². The fourth-order valence-electron chi connectivity index (χ4n) is 3.39. The largest absolute Gasteiger partial charge is 0.460 e. The highest BCUT2D eigenvalue weighted by atomic mass is 35.5. The summed E-state index contributed by atoms with van der Waals surface area (Å²) in [5.41, 5.74) is 0.272.